The molecule has 1 fully saturated rings. The van der Waals surface area contributed by atoms with Crippen LogP contribution in [0.2, 0.25) is 0 Å². The number of carbonyl (C=O) groups is 1. The molecule has 1 saturated carbocycles. The van der Waals surface area contributed by atoms with Gasteiger partial charge in [-0.3, -0.25) is 4.68 Å². The number of anilines is 1. The van der Waals surface area contributed by atoms with E-state index in [-0.39, 0.29) is 6.03 Å². The lowest BCUT2D eigenvalue weighted by Crippen LogP contribution is -2.38. The normalized spacial score (nSPS) is 17.3. The van der Waals surface area contributed by atoms with Crippen LogP contribution in [0.15, 0.2) is 18.3 Å². The molecule has 0 saturated heterocycles. The summed E-state index contributed by atoms with van der Waals surface area (Å²) in [6, 6.07) is 4.16. The summed E-state index contributed by atoms with van der Waals surface area (Å²) in [7, 11) is 3.58. The Hall–Kier alpha value is -2.64. The molecule has 150 valence electrons. The number of aryl methyl sites for hydroxylation is 1. The number of amides is 2. The second-order valence-electron chi connectivity index (χ2n) is 7.94. The molecule has 8 nitrogen and oxygen atoms in total. The van der Waals surface area contributed by atoms with Crippen LogP contribution in [0.25, 0.3) is 0 Å². The molecule has 1 N–H and O–H groups in total. The van der Waals surface area contributed by atoms with Gasteiger partial charge in [-0.15, -0.1) is 0 Å². The average molecular weight is 384 g/mol. The average Bonchev–Trinajstić information content (AvgIpc) is 3.32. The number of urea groups is 1. The predicted octanol–water partition coefficient (Wildman–Crippen LogP) is 2.83. The van der Waals surface area contributed by atoms with Crippen LogP contribution in [-0.2, 0) is 19.6 Å². The van der Waals surface area contributed by atoms with Crippen molar-refractivity contribution in [3.8, 4) is 0 Å². The molecule has 1 aliphatic heterocycles. The Morgan fingerprint density at radius 3 is 2.86 bits per heavy atom. The molecule has 0 radical (unpaired) electrons. The van der Waals surface area contributed by atoms with E-state index in [4.69, 9.17) is 10.1 Å². The fourth-order valence-electron chi connectivity index (χ4n) is 4.13. The first kappa shape index (κ1) is 18.7. The molecule has 0 spiro atoms. The van der Waals surface area contributed by atoms with E-state index in [0.717, 1.165) is 36.6 Å². The summed E-state index contributed by atoms with van der Waals surface area (Å²) >= 11 is 0. The first-order valence-electron chi connectivity index (χ1n) is 10.2. The minimum Gasteiger partial charge on any atom is -0.348 e. The van der Waals surface area contributed by atoms with Crippen molar-refractivity contribution < 1.29 is 4.79 Å². The van der Waals surface area contributed by atoms with Gasteiger partial charge in [0.15, 0.2) is 0 Å². The lowest BCUT2D eigenvalue weighted by Gasteiger charge is -2.23. The molecule has 1 aliphatic carbocycles. The highest BCUT2D eigenvalue weighted by Gasteiger charge is 2.22. The fraction of sp³-hybridized carbons (Fsp3) is 0.600. The molecule has 2 aromatic rings. The van der Waals surface area contributed by atoms with Crippen LogP contribution in [-0.4, -0.2) is 56.2 Å². The third kappa shape index (κ3) is 4.10. The highest BCUT2D eigenvalue weighted by Crippen LogP contribution is 2.33. The Bertz CT molecular complexity index is 826. The predicted molar refractivity (Wildman–Crippen MR) is 107 cm³/mol. The molecular weight excluding hydrogens is 354 g/mol. The second-order valence-corrected chi connectivity index (χ2v) is 7.94. The van der Waals surface area contributed by atoms with Gasteiger partial charge in [-0.1, -0.05) is 12.8 Å². The maximum Gasteiger partial charge on any atom is 0.319 e. The number of fused-ring (bicyclic) bond motifs is 1. The van der Waals surface area contributed by atoms with E-state index in [2.05, 4.69) is 16.4 Å². The Morgan fingerprint density at radius 2 is 2.07 bits per heavy atom. The van der Waals surface area contributed by atoms with Crippen molar-refractivity contribution >= 4 is 12.0 Å². The van der Waals surface area contributed by atoms with Crippen LogP contribution in [0.4, 0.5) is 10.7 Å². The molecular formula is C20H29N7O. The number of rotatable bonds is 4. The number of hydrogen-bond donors (Lipinski definition) is 1. The number of nitrogens with zero attached hydrogens (tertiary/aromatic N) is 6. The molecule has 2 amide bonds. The number of carbonyl (C=O) groups excluding carboxylic acids is 1. The lowest BCUT2D eigenvalue weighted by molar-refractivity contribution is 0.169. The summed E-state index contributed by atoms with van der Waals surface area (Å²) in [4.78, 5) is 24.9. The molecule has 3 heterocycles. The standard InChI is InChI=1S/C20H29N7O/c1-25(2)20(28)26-10-5-11-27-17(14-26)12-16(24-27)13-22-19-21-9-8-18(23-19)15-6-3-4-7-15/h8-9,12,15H,3-7,10-11,13-14H2,1-2H3,(H,21,22,23). The Balaban J connectivity index is 1.41. The van der Waals surface area contributed by atoms with Gasteiger partial charge >= 0.3 is 6.03 Å². The minimum atomic E-state index is 0.0476. The summed E-state index contributed by atoms with van der Waals surface area (Å²) in [6.45, 7) is 2.77. The van der Waals surface area contributed by atoms with E-state index < -0.39 is 0 Å². The van der Waals surface area contributed by atoms with Crippen molar-refractivity contribution in [3.63, 3.8) is 0 Å². The van der Waals surface area contributed by atoms with Crippen molar-refractivity contribution in [3.05, 3.63) is 35.4 Å². The van der Waals surface area contributed by atoms with Crippen LogP contribution >= 0.6 is 0 Å². The summed E-state index contributed by atoms with van der Waals surface area (Å²) in [5.74, 6) is 1.24. The highest BCUT2D eigenvalue weighted by atomic mass is 16.2. The summed E-state index contributed by atoms with van der Waals surface area (Å²) in [6.07, 6.45) is 7.80. The van der Waals surface area contributed by atoms with Crippen molar-refractivity contribution in [2.45, 2.75) is 57.7 Å². The second kappa shape index (κ2) is 8.16. The van der Waals surface area contributed by atoms with Crippen LogP contribution in [0.3, 0.4) is 0 Å². The van der Waals surface area contributed by atoms with Gasteiger partial charge < -0.3 is 15.1 Å². The molecule has 28 heavy (non-hydrogen) atoms. The van der Waals surface area contributed by atoms with E-state index in [1.807, 2.05) is 21.8 Å². The van der Waals surface area contributed by atoms with E-state index in [1.54, 1.807) is 19.0 Å². The SMILES string of the molecule is CN(C)C(=O)N1CCCn2nc(CNc3nccc(C4CCCC4)n3)cc2C1. The molecule has 2 aliphatic rings. The van der Waals surface area contributed by atoms with Gasteiger partial charge in [0.2, 0.25) is 5.95 Å². The van der Waals surface area contributed by atoms with Crippen molar-refractivity contribution in [1.29, 1.82) is 0 Å². The van der Waals surface area contributed by atoms with Gasteiger partial charge in [0.25, 0.3) is 0 Å². The molecule has 0 aromatic carbocycles. The van der Waals surface area contributed by atoms with Crippen LogP contribution in [0.1, 0.15) is 55.1 Å². The lowest BCUT2D eigenvalue weighted by atomic mass is 10.0. The molecule has 0 atom stereocenters. The van der Waals surface area contributed by atoms with Crippen molar-refractivity contribution in [1.82, 2.24) is 29.5 Å². The number of nitrogens with one attached hydrogen (secondary N) is 1. The monoisotopic (exact) mass is 383 g/mol. The quantitative estimate of drug-likeness (QED) is 0.878. The first-order chi connectivity index (χ1) is 13.6. The van der Waals surface area contributed by atoms with E-state index >= 15 is 0 Å². The molecule has 4 rings (SSSR count). The third-order valence-corrected chi connectivity index (χ3v) is 5.60. The molecule has 0 bridgehead atoms. The number of hydrogen-bond acceptors (Lipinski definition) is 5. The smallest absolute Gasteiger partial charge is 0.319 e. The van der Waals surface area contributed by atoms with Gasteiger partial charge in [-0.05, 0) is 31.4 Å². The molecule has 2 aromatic heterocycles. The zero-order chi connectivity index (χ0) is 19.5. The minimum absolute atomic E-state index is 0.0476. The zero-order valence-corrected chi connectivity index (χ0v) is 16.8. The first-order valence-corrected chi connectivity index (χ1v) is 10.2. The highest BCUT2D eigenvalue weighted by molar-refractivity contribution is 5.73. The molecule has 0 unspecified atom stereocenters. The van der Waals surface area contributed by atoms with Gasteiger partial charge in [0.1, 0.15) is 0 Å². The van der Waals surface area contributed by atoms with Crippen LogP contribution in [0, 0.1) is 0 Å². The van der Waals surface area contributed by atoms with E-state index in [0.29, 0.717) is 25.0 Å². The fourth-order valence-corrected chi connectivity index (χ4v) is 4.13. The van der Waals surface area contributed by atoms with Crippen molar-refractivity contribution in [2.75, 3.05) is 26.0 Å². The van der Waals surface area contributed by atoms with Crippen LogP contribution in [0.5, 0.6) is 0 Å². The molecule has 8 heteroatoms. The van der Waals surface area contributed by atoms with Gasteiger partial charge in [0.05, 0.1) is 24.5 Å². The van der Waals surface area contributed by atoms with Gasteiger partial charge in [-0.25, -0.2) is 14.8 Å². The Labute approximate surface area is 165 Å². The van der Waals surface area contributed by atoms with Crippen LogP contribution < -0.4 is 5.32 Å². The van der Waals surface area contributed by atoms with E-state index in [1.165, 1.54) is 25.7 Å². The Kier molecular flexibility index (Phi) is 5.45. The summed E-state index contributed by atoms with van der Waals surface area (Å²) in [5.41, 5.74) is 3.17. The van der Waals surface area contributed by atoms with Gasteiger partial charge in [-0.2, -0.15) is 5.10 Å². The third-order valence-electron chi connectivity index (χ3n) is 5.60. The summed E-state index contributed by atoms with van der Waals surface area (Å²) in [5, 5.41) is 8.03. The largest absolute Gasteiger partial charge is 0.348 e. The topological polar surface area (TPSA) is 79.2 Å². The maximum absolute atomic E-state index is 12.3. The zero-order valence-electron chi connectivity index (χ0n) is 16.8. The maximum atomic E-state index is 12.3. The summed E-state index contributed by atoms with van der Waals surface area (Å²) < 4.78 is 2.02. The Morgan fingerprint density at radius 1 is 1.25 bits per heavy atom. The van der Waals surface area contributed by atoms with Crippen molar-refractivity contribution in [2.24, 2.45) is 0 Å². The van der Waals surface area contributed by atoms with Gasteiger partial charge in [0, 0.05) is 45.0 Å². The van der Waals surface area contributed by atoms with E-state index in [9.17, 15) is 4.79 Å². The number of aromatic nitrogens is 4.